The normalized spacial score (nSPS) is 12.2. The number of nitrogens with one attached hydrogen (secondary N) is 1. The summed E-state index contributed by atoms with van der Waals surface area (Å²) in [5, 5.41) is 4.96. The zero-order valence-corrected chi connectivity index (χ0v) is 13.9. The Morgan fingerprint density at radius 3 is 2.42 bits per heavy atom. The second-order valence-electron chi connectivity index (χ2n) is 6.26. The van der Waals surface area contributed by atoms with Gasteiger partial charge in [0.05, 0.1) is 0 Å². The van der Waals surface area contributed by atoms with E-state index in [1.165, 1.54) is 12.0 Å². The Labute approximate surface area is 127 Å². The van der Waals surface area contributed by atoms with Crippen molar-refractivity contribution in [3.8, 4) is 0 Å². The molecule has 19 heavy (non-hydrogen) atoms. The SMILES string of the molecule is CC(C)NCCC(C)(C)CCc1ccc(Cl)cc1Cl. The van der Waals surface area contributed by atoms with E-state index in [0.29, 0.717) is 16.5 Å². The number of aryl methyl sites for hydroxylation is 1. The van der Waals surface area contributed by atoms with E-state index in [9.17, 15) is 0 Å². The van der Waals surface area contributed by atoms with E-state index in [0.717, 1.165) is 24.4 Å². The summed E-state index contributed by atoms with van der Waals surface area (Å²) >= 11 is 12.1. The van der Waals surface area contributed by atoms with E-state index in [1.807, 2.05) is 18.2 Å². The minimum atomic E-state index is 0.324. The monoisotopic (exact) mass is 301 g/mol. The molecule has 0 heterocycles. The quantitative estimate of drug-likeness (QED) is 0.717. The zero-order chi connectivity index (χ0) is 14.5. The fraction of sp³-hybridized carbons (Fsp3) is 0.625. The smallest absolute Gasteiger partial charge is 0.0452 e. The second kappa shape index (κ2) is 7.52. The first-order valence-corrected chi connectivity index (χ1v) is 7.73. The fourth-order valence-electron chi connectivity index (χ4n) is 2.02. The minimum Gasteiger partial charge on any atom is -0.315 e. The van der Waals surface area contributed by atoms with Crippen molar-refractivity contribution in [2.24, 2.45) is 5.41 Å². The Balaban J connectivity index is 2.45. The van der Waals surface area contributed by atoms with Gasteiger partial charge in [0.2, 0.25) is 0 Å². The van der Waals surface area contributed by atoms with Gasteiger partial charge in [0.15, 0.2) is 0 Å². The van der Waals surface area contributed by atoms with Crippen LogP contribution in [0.4, 0.5) is 0 Å². The van der Waals surface area contributed by atoms with Crippen LogP contribution in [0.1, 0.15) is 46.1 Å². The molecule has 0 spiro atoms. The highest BCUT2D eigenvalue weighted by Gasteiger charge is 2.18. The van der Waals surface area contributed by atoms with Gasteiger partial charge in [-0.3, -0.25) is 0 Å². The van der Waals surface area contributed by atoms with Crippen LogP contribution in [0.15, 0.2) is 18.2 Å². The van der Waals surface area contributed by atoms with Gasteiger partial charge in [0.25, 0.3) is 0 Å². The predicted octanol–water partition coefficient (Wildman–Crippen LogP) is 5.34. The second-order valence-corrected chi connectivity index (χ2v) is 7.10. The van der Waals surface area contributed by atoms with Gasteiger partial charge < -0.3 is 5.32 Å². The maximum absolute atomic E-state index is 6.21. The van der Waals surface area contributed by atoms with Crippen molar-refractivity contribution in [3.05, 3.63) is 33.8 Å². The van der Waals surface area contributed by atoms with Gasteiger partial charge in [0, 0.05) is 16.1 Å². The summed E-state index contributed by atoms with van der Waals surface area (Å²) in [6, 6.07) is 6.33. The molecular weight excluding hydrogens is 277 g/mol. The molecule has 1 N–H and O–H groups in total. The Bertz CT molecular complexity index is 400. The predicted molar refractivity (Wildman–Crippen MR) is 86.3 cm³/mol. The lowest BCUT2D eigenvalue weighted by molar-refractivity contribution is 0.298. The standard InChI is InChI=1S/C16H25Cl2N/c1-12(2)19-10-9-16(3,4)8-7-13-5-6-14(17)11-15(13)18/h5-6,11-12,19H,7-10H2,1-4H3. The lowest BCUT2D eigenvalue weighted by Crippen LogP contribution is -2.28. The van der Waals surface area contributed by atoms with E-state index in [-0.39, 0.29) is 0 Å². The van der Waals surface area contributed by atoms with Crippen molar-refractivity contribution >= 4 is 23.2 Å². The van der Waals surface area contributed by atoms with Crippen LogP contribution >= 0.6 is 23.2 Å². The molecule has 0 atom stereocenters. The summed E-state index contributed by atoms with van der Waals surface area (Å²) in [4.78, 5) is 0. The summed E-state index contributed by atoms with van der Waals surface area (Å²) in [7, 11) is 0. The molecule has 0 aliphatic rings. The molecule has 1 aromatic rings. The number of halogens is 2. The summed E-state index contributed by atoms with van der Waals surface area (Å²) in [5.41, 5.74) is 1.51. The molecule has 108 valence electrons. The molecule has 0 aliphatic carbocycles. The van der Waals surface area contributed by atoms with E-state index in [1.54, 1.807) is 0 Å². The van der Waals surface area contributed by atoms with Crippen molar-refractivity contribution in [3.63, 3.8) is 0 Å². The van der Waals surface area contributed by atoms with Gasteiger partial charge in [-0.1, -0.05) is 57.0 Å². The average molecular weight is 302 g/mol. The Morgan fingerprint density at radius 1 is 1.16 bits per heavy atom. The lowest BCUT2D eigenvalue weighted by atomic mass is 9.83. The van der Waals surface area contributed by atoms with Crippen LogP contribution in [-0.4, -0.2) is 12.6 Å². The number of rotatable bonds is 7. The molecule has 0 fully saturated rings. The van der Waals surface area contributed by atoms with Crippen LogP contribution in [-0.2, 0) is 6.42 Å². The topological polar surface area (TPSA) is 12.0 Å². The molecule has 1 aromatic carbocycles. The summed E-state index contributed by atoms with van der Waals surface area (Å²) in [5.74, 6) is 0. The van der Waals surface area contributed by atoms with Gasteiger partial charge >= 0.3 is 0 Å². The average Bonchev–Trinajstić information content (AvgIpc) is 2.27. The molecule has 0 unspecified atom stereocenters. The maximum Gasteiger partial charge on any atom is 0.0452 e. The highest BCUT2D eigenvalue weighted by Crippen LogP contribution is 2.29. The molecule has 1 rings (SSSR count). The maximum atomic E-state index is 6.21. The molecule has 1 nitrogen and oxygen atoms in total. The van der Waals surface area contributed by atoms with Gasteiger partial charge in [-0.2, -0.15) is 0 Å². The first-order chi connectivity index (χ1) is 8.80. The number of hydrogen-bond acceptors (Lipinski definition) is 1. The first kappa shape index (κ1) is 16.8. The molecule has 0 bridgehead atoms. The van der Waals surface area contributed by atoms with Crippen molar-refractivity contribution in [1.82, 2.24) is 5.32 Å². The summed E-state index contributed by atoms with van der Waals surface area (Å²) < 4.78 is 0. The summed E-state index contributed by atoms with van der Waals surface area (Å²) in [6.07, 6.45) is 3.31. The number of benzene rings is 1. The number of hydrogen-bond donors (Lipinski definition) is 1. The largest absolute Gasteiger partial charge is 0.315 e. The molecule has 0 aliphatic heterocycles. The molecule has 0 aromatic heterocycles. The van der Waals surface area contributed by atoms with Crippen molar-refractivity contribution in [1.29, 1.82) is 0 Å². The highest BCUT2D eigenvalue weighted by molar-refractivity contribution is 6.35. The van der Waals surface area contributed by atoms with E-state index in [2.05, 4.69) is 33.0 Å². The van der Waals surface area contributed by atoms with Crippen LogP contribution in [0.2, 0.25) is 10.0 Å². The van der Waals surface area contributed by atoms with E-state index in [4.69, 9.17) is 23.2 Å². The van der Waals surface area contributed by atoms with Crippen molar-refractivity contribution < 1.29 is 0 Å². The molecule has 0 saturated carbocycles. The molecule has 0 amide bonds. The van der Waals surface area contributed by atoms with Crippen LogP contribution in [0.25, 0.3) is 0 Å². The first-order valence-electron chi connectivity index (χ1n) is 6.97. The Morgan fingerprint density at radius 2 is 1.84 bits per heavy atom. The zero-order valence-electron chi connectivity index (χ0n) is 12.4. The van der Waals surface area contributed by atoms with Crippen LogP contribution in [0, 0.1) is 5.41 Å². The van der Waals surface area contributed by atoms with Gasteiger partial charge in [-0.05, 0) is 48.9 Å². The van der Waals surface area contributed by atoms with Gasteiger partial charge in [-0.15, -0.1) is 0 Å². The van der Waals surface area contributed by atoms with E-state index < -0.39 is 0 Å². The highest BCUT2D eigenvalue weighted by atomic mass is 35.5. The van der Waals surface area contributed by atoms with Gasteiger partial charge in [-0.25, -0.2) is 0 Å². The molecule has 0 saturated heterocycles. The van der Waals surface area contributed by atoms with Gasteiger partial charge in [0.1, 0.15) is 0 Å². The third kappa shape index (κ3) is 6.65. The molecule has 3 heteroatoms. The third-order valence-corrected chi connectivity index (χ3v) is 4.03. The third-order valence-electron chi connectivity index (χ3n) is 3.44. The molecular formula is C16H25Cl2N. The van der Waals surface area contributed by atoms with Crippen LogP contribution < -0.4 is 5.32 Å². The summed E-state index contributed by atoms with van der Waals surface area (Å²) in [6.45, 7) is 10.1. The minimum absolute atomic E-state index is 0.324. The molecule has 0 radical (unpaired) electrons. The van der Waals surface area contributed by atoms with E-state index >= 15 is 0 Å². The Hall–Kier alpha value is -0.240. The van der Waals surface area contributed by atoms with Crippen molar-refractivity contribution in [2.75, 3.05) is 6.54 Å². The van der Waals surface area contributed by atoms with Crippen LogP contribution in [0.3, 0.4) is 0 Å². The van der Waals surface area contributed by atoms with Crippen LogP contribution in [0.5, 0.6) is 0 Å². The van der Waals surface area contributed by atoms with Crippen molar-refractivity contribution in [2.45, 2.75) is 53.0 Å². The fourth-order valence-corrected chi connectivity index (χ4v) is 2.52. The Kier molecular flexibility index (Phi) is 6.65. The lowest BCUT2D eigenvalue weighted by Gasteiger charge is -2.25.